The summed E-state index contributed by atoms with van der Waals surface area (Å²) in [6.07, 6.45) is 2.56. The van der Waals surface area contributed by atoms with Gasteiger partial charge in [0, 0.05) is 30.9 Å². The zero-order chi connectivity index (χ0) is 12.3. The Kier molecular flexibility index (Phi) is 3.79. The van der Waals surface area contributed by atoms with Gasteiger partial charge < -0.3 is 10.5 Å². The monoisotopic (exact) mass is 233 g/mol. The molecule has 17 heavy (non-hydrogen) atoms. The smallest absolute Gasteiger partial charge is 0.165 e. The van der Waals surface area contributed by atoms with Gasteiger partial charge in [0.25, 0.3) is 0 Å². The number of hydrogen-bond donors (Lipinski definition) is 1. The van der Waals surface area contributed by atoms with Crippen molar-refractivity contribution >= 4 is 11.5 Å². The van der Waals surface area contributed by atoms with Crippen molar-refractivity contribution in [1.29, 1.82) is 0 Å². The van der Waals surface area contributed by atoms with E-state index in [4.69, 9.17) is 10.5 Å². The van der Waals surface area contributed by atoms with Crippen molar-refractivity contribution in [3.8, 4) is 0 Å². The Morgan fingerprint density at radius 1 is 1.41 bits per heavy atom. The molecular weight excluding hydrogens is 214 g/mol. The fraction of sp³-hybridized carbons (Fsp3) is 0.500. The molecule has 2 N–H and O–H groups in total. The molecule has 3 heteroatoms. The van der Waals surface area contributed by atoms with E-state index in [2.05, 4.69) is 0 Å². The van der Waals surface area contributed by atoms with Gasteiger partial charge in [0.2, 0.25) is 0 Å². The molecule has 2 rings (SSSR count). The lowest BCUT2D eigenvalue weighted by Gasteiger charge is -2.21. The van der Waals surface area contributed by atoms with E-state index in [0.717, 1.165) is 31.6 Å². The Hall–Kier alpha value is -1.35. The molecule has 0 saturated carbocycles. The molecule has 0 bridgehead atoms. The van der Waals surface area contributed by atoms with Crippen molar-refractivity contribution < 1.29 is 9.53 Å². The third kappa shape index (κ3) is 3.07. The first kappa shape index (κ1) is 12.1. The van der Waals surface area contributed by atoms with Crippen LogP contribution in [-0.4, -0.2) is 19.0 Å². The molecule has 3 nitrogen and oxygen atoms in total. The minimum atomic E-state index is 0.161. The number of rotatable bonds is 3. The second-order valence-corrected chi connectivity index (χ2v) is 4.77. The van der Waals surface area contributed by atoms with Crippen LogP contribution in [0, 0.1) is 12.8 Å². The van der Waals surface area contributed by atoms with E-state index in [-0.39, 0.29) is 5.78 Å². The van der Waals surface area contributed by atoms with Crippen molar-refractivity contribution in [3.05, 3.63) is 29.3 Å². The first-order chi connectivity index (χ1) is 8.16. The minimum absolute atomic E-state index is 0.161. The number of carbonyl (C=O) groups is 1. The van der Waals surface area contributed by atoms with Gasteiger partial charge in [-0.15, -0.1) is 0 Å². The van der Waals surface area contributed by atoms with E-state index in [1.807, 2.05) is 25.1 Å². The van der Waals surface area contributed by atoms with Crippen molar-refractivity contribution in [3.63, 3.8) is 0 Å². The van der Waals surface area contributed by atoms with Crippen LogP contribution in [0.2, 0.25) is 0 Å². The van der Waals surface area contributed by atoms with Crippen molar-refractivity contribution in [2.75, 3.05) is 18.9 Å². The number of nitrogen functional groups attached to an aromatic ring is 1. The first-order valence-electron chi connectivity index (χ1n) is 6.14. The van der Waals surface area contributed by atoms with E-state index < -0.39 is 0 Å². The molecule has 0 spiro atoms. The Morgan fingerprint density at radius 3 is 2.76 bits per heavy atom. The zero-order valence-electron chi connectivity index (χ0n) is 10.2. The maximum absolute atomic E-state index is 12.1. The molecule has 1 fully saturated rings. The predicted molar refractivity (Wildman–Crippen MR) is 68.1 cm³/mol. The van der Waals surface area contributed by atoms with Gasteiger partial charge in [-0.25, -0.2) is 0 Å². The lowest BCUT2D eigenvalue weighted by Crippen LogP contribution is -2.19. The number of nitrogens with two attached hydrogens (primary N) is 1. The number of carbonyl (C=O) groups excluding carboxylic acids is 1. The summed E-state index contributed by atoms with van der Waals surface area (Å²) in [7, 11) is 0. The van der Waals surface area contributed by atoms with Crippen molar-refractivity contribution in [1.82, 2.24) is 0 Å². The molecule has 1 saturated heterocycles. The number of aryl methyl sites for hydroxylation is 1. The van der Waals surface area contributed by atoms with Crippen LogP contribution >= 0.6 is 0 Å². The summed E-state index contributed by atoms with van der Waals surface area (Å²) in [5.41, 5.74) is 8.24. The van der Waals surface area contributed by atoms with Gasteiger partial charge >= 0.3 is 0 Å². The molecule has 92 valence electrons. The summed E-state index contributed by atoms with van der Waals surface area (Å²) in [5.74, 6) is 0.617. The quantitative estimate of drug-likeness (QED) is 0.645. The molecule has 1 aliphatic rings. The highest BCUT2D eigenvalue weighted by atomic mass is 16.5. The molecule has 1 heterocycles. The van der Waals surface area contributed by atoms with Crippen LogP contribution in [0.15, 0.2) is 18.2 Å². The normalized spacial score (nSPS) is 17.0. The van der Waals surface area contributed by atoms with Gasteiger partial charge in [-0.1, -0.05) is 6.07 Å². The molecule has 0 amide bonds. The number of ketones is 1. The number of anilines is 1. The molecule has 1 aromatic rings. The number of ether oxygens (including phenoxy) is 1. The Bertz CT molecular complexity index is 409. The van der Waals surface area contributed by atoms with E-state index in [9.17, 15) is 4.79 Å². The maximum Gasteiger partial charge on any atom is 0.165 e. The number of Topliss-reactive ketones (excluding diaryl/α,β-unsaturated/α-hetero) is 1. The van der Waals surface area contributed by atoms with Gasteiger partial charge in [-0.05, 0) is 43.4 Å². The first-order valence-corrected chi connectivity index (χ1v) is 6.14. The molecule has 0 radical (unpaired) electrons. The van der Waals surface area contributed by atoms with E-state index in [0.29, 0.717) is 23.6 Å². The fourth-order valence-corrected chi connectivity index (χ4v) is 2.26. The lowest BCUT2D eigenvalue weighted by atomic mass is 9.91. The maximum atomic E-state index is 12.1. The summed E-state index contributed by atoms with van der Waals surface area (Å²) in [6.45, 7) is 3.53. The predicted octanol–water partition coefficient (Wildman–Crippen LogP) is 2.58. The van der Waals surface area contributed by atoms with E-state index in [1.54, 1.807) is 0 Å². The average molecular weight is 233 g/mol. The Balaban J connectivity index is 2.03. The van der Waals surface area contributed by atoms with Crippen molar-refractivity contribution in [2.45, 2.75) is 26.2 Å². The van der Waals surface area contributed by atoms with Gasteiger partial charge in [0.05, 0.1) is 0 Å². The third-order valence-corrected chi connectivity index (χ3v) is 3.32. The van der Waals surface area contributed by atoms with Crippen LogP contribution in [0.3, 0.4) is 0 Å². The molecule has 0 aromatic heterocycles. The van der Waals surface area contributed by atoms with Gasteiger partial charge in [0.1, 0.15) is 0 Å². The summed E-state index contributed by atoms with van der Waals surface area (Å²) < 4.78 is 5.29. The molecule has 0 atom stereocenters. The topological polar surface area (TPSA) is 52.3 Å². The average Bonchev–Trinajstić information content (AvgIpc) is 2.30. The summed E-state index contributed by atoms with van der Waals surface area (Å²) in [4.78, 5) is 12.1. The van der Waals surface area contributed by atoms with Gasteiger partial charge in [-0.3, -0.25) is 4.79 Å². The van der Waals surface area contributed by atoms with Gasteiger partial charge in [0.15, 0.2) is 5.78 Å². The summed E-state index contributed by atoms with van der Waals surface area (Å²) in [6, 6.07) is 5.64. The van der Waals surface area contributed by atoms with Crippen molar-refractivity contribution in [2.24, 2.45) is 5.92 Å². The molecular formula is C14H19NO2. The second-order valence-electron chi connectivity index (χ2n) is 4.77. The molecule has 1 aromatic carbocycles. The van der Waals surface area contributed by atoms with Crippen LogP contribution < -0.4 is 5.73 Å². The van der Waals surface area contributed by atoms with E-state index >= 15 is 0 Å². The highest BCUT2D eigenvalue weighted by Gasteiger charge is 2.19. The van der Waals surface area contributed by atoms with Gasteiger partial charge in [-0.2, -0.15) is 0 Å². The van der Waals surface area contributed by atoms with Crippen LogP contribution in [0.4, 0.5) is 5.69 Å². The zero-order valence-corrected chi connectivity index (χ0v) is 10.2. The Morgan fingerprint density at radius 2 is 2.12 bits per heavy atom. The standard InChI is InChI=1S/C14H19NO2/c1-10-2-3-12(13(15)8-10)14(16)9-11-4-6-17-7-5-11/h2-3,8,11H,4-7,9,15H2,1H3. The lowest BCUT2D eigenvalue weighted by molar-refractivity contribution is 0.0601. The highest BCUT2D eigenvalue weighted by molar-refractivity contribution is 6.00. The number of hydrogen-bond acceptors (Lipinski definition) is 3. The second kappa shape index (κ2) is 5.32. The van der Waals surface area contributed by atoms with E-state index in [1.165, 1.54) is 0 Å². The van der Waals surface area contributed by atoms with Crippen LogP contribution in [0.1, 0.15) is 35.2 Å². The fourth-order valence-electron chi connectivity index (χ4n) is 2.26. The minimum Gasteiger partial charge on any atom is -0.398 e. The third-order valence-electron chi connectivity index (χ3n) is 3.32. The molecule has 1 aliphatic heterocycles. The molecule has 0 aliphatic carbocycles. The summed E-state index contributed by atoms with van der Waals surface area (Å²) >= 11 is 0. The SMILES string of the molecule is Cc1ccc(C(=O)CC2CCOCC2)c(N)c1. The largest absolute Gasteiger partial charge is 0.398 e. The van der Waals surface area contributed by atoms with Crippen LogP contribution in [-0.2, 0) is 4.74 Å². The van der Waals surface area contributed by atoms with Crippen LogP contribution in [0.5, 0.6) is 0 Å². The highest BCUT2D eigenvalue weighted by Crippen LogP contribution is 2.23. The Labute approximate surface area is 102 Å². The number of benzene rings is 1. The van der Waals surface area contributed by atoms with Crippen LogP contribution in [0.25, 0.3) is 0 Å². The summed E-state index contributed by atoms with van der Waals surface area (Å²) in [5, 5.41) is 0. The molecule has 0 unspecified atom stereocenters.